The van der Waals surface area contributed by atoms with Crippen LogP contribution in [0.25, 0.3) is 0 Å². The predicted octanol–water partition coefficient (Wildman–Crippen LogP) is 2.71. The lowest BCUT2D eigenvalue weighted by Crippen LogP contribution is -2.44. The normalized spacial score (nSPS) is 20.2. The molecule has 1 heterocycles. The van der Waals surface area contributed by atoms with E-state index in [9.17, 15) is 9.59 Å². The van der Waals surface area contributed by atoms with Crippen molar-refractivity contribution in [1.82, 2.24) is 10.2 Å². The summed E-state index contributed by atoms with van der Waals surface area (Å²) < 4.78 is 0. The van der Waals surface area contributed by atoms with Gasteiger partial charge < -0.3 is 15.3 Å². The summed E-state index contributed by atoms with van der Waals surface area (Å²) in [5.41, 5.74) is 0. The molecule has 20 heavy (non-hydrogen) atoms. The molecule has 1 aliphatic rings. The highest BCUT2D eigenvalue weighted by molar-refractivity contribution is 5.75. The molecule has 0 spiro atoms. The molecule has 2 unspecified atom stereocenters. The highest BCUT2D eigenvalue weighted by Gasteiger charge is 2.27. The SMILES string of the molecule is CCC1CCCN1C(=O)NCC(CC(=O)O)CC(C)C. The molecule has 0 aliphatic carbocycles. The zero-order valence-electron chi connectivity index (χ0n) is 12.9. The van der Waals surface area contributed by atoms with Gasteiger partial charge in [-0.05, 0) is 37.5 Å². The lowest BCUT2D eigenvalue weighted by molar-refractivity contribution is -0.138. The number of rotatable bonds is 7. The summed E-state index contributed by atoms with van der Waals surface area (Å²) in [5.74, 6) is -0.344. The molecule has 1 saturated heterocycles. The molecule has 5 heteroatoms. The lowest BCUT2D eigenvalue weighted by atomic mass is 9.94. The summed E-state index contributed by atoms with van der Waals surface area (Å²) in [6.45, 7) is 7.52. The molecule has 1 rings (SSSR count). The zero-order valence-corrected chi connectivity index (χ0v) is 12.9. The minimum absolute atomic E-state index is 0.0131. The van der Waals surface area contributed by atoms with Crippen LogP contribution in [0, 0.1) is 11.8 Å². The van der Waals surface area contributed by atoms with Gasteiger partial charge in [-0.25, -0.2) is 4.79 Å². The molecule has 1 fully saturated rings. The van der Waals surface area contributed by atoms with Gasteiger partial charge in [-0.15, -0.1) is 0 Å². The van der Waals surface area contributed by atoms with Crippen LogP contribution in [0.3, 0.4) is 0 Å². The topological polar surface area (TPSA) is 69.6 Å². The lowest BCUT2D eigenvalue weighted by Gasteiger charge is -2.25. The first-order valence-corrected chi connectivity index (χ1v) is 7.70. The van der Waals surface area contributed by atoms with Crippen molar-refractivity contribution in [2.45, 2.75) is 58.9 Å². The smallest absolute Gasteiger partial charge is 0.317 e. The van der Waals surface area contributed by atoms with Crippen LogP contribution in [0.5, 0.6) is 0 Å². The fourth-order valence-corrected chi connectivity index (χ4v) is 3.01. The second-order valence-electron chi connectivity index (χ2n) is 6.18. The Labute approximate surface area is 121 Å². The molecule has 0 saturated carbocycles. The number of nitrogens with one attached hydrogen (secondary N) is 1. The van der Waals surface area contributed by atoms with Gasteiger partial charge in [0.15, 0.2) is 0 Å². The number of carbonyl (C=O) groups is 2. The van der Waals surface area contributed by atoms with Crippen molar-refractivity contribution in [1.29, 1.82) is 0 Å². The maximum absolute atomic E-state index is 12.2. The Balaban J connectivity index is 2.45. The Bertz CT molecular complexity index is 331. The van der Waals surface area contributed by atoms with Crippen molar-refractivity contribution in [3.8, 4) is 0 Å². The number of carbonyl (C=O) groups excluding carboxylic acids is 1. The molecule has 0 aromatic heterocycles. The third-order valence-electron chi connectivity index (χ3n) is 3.92. The van der Waals surface area contributed by atoms with Crippen LogP contribution < -0.4 is 5.32 Å². The highest BCUT2D eigenvalue weighted by Crippen LogP contribution is 2.20. The number of aliphatic carboxylic acids is 1. The number of carboxylic acids is 1. The quantitative estimate of drug-likeness (QED) is 0.755. The van der Waals surface area contributed by atoms with Gasteiger partial charge in [-0.1, -0.05) is 20.8 Å². The van der Waals surface area contributed by atoms with E-state index in [1.165, 1.54) is 0 Å². The molecule has 2 atom stereocenters. The van der Waals surface area contributed by atoms with E-state index in [0.717, 1.165) is 32.2 Å². The van der Waals surface area contributed by atoms with Crippen molar-refractivity contribution < 1.29 is 14.7 Å². The van der Waals surface area contributed by atoms with E-state index in [-0.39, 0.29) is 18.4 Å². The first-order valence-electron chi connectivity index (χ1n) is 7.70. The third kappa shape index (κ3) is 5.39. The summed E-state index contributed by atoms with van der Waals surface area (Å²) in [6.07, 6.45) is 4.07. The van der Waals surface area contributed by atoms with E-state index in [2.05, 4.69) is 26.1 Å². The van der Waals surface area contributed by atoms with Gasteiger partial charge in [0.2, 0.25) is 0 Å². The summed E-state index contributed by atoms with van der Waals surface area (Å²) in [7, 11) is 0. The molecule has 1 aliphatic heterocycles. The van der Waals surface area contributed by atoms with Gasteiger partial charge in [-0.3, -0.25) is 4.79 Å². The number of urea groups is 1. The molecule has 0 radical (unpaired) electrons. The molecule has 0 aromatic rings. The number of carboxylic acid groups (broad SMARTS) is 1. The second-order valence-corrected chi connectivity index (χ2v) is 6.18. The van der Waals surface area contributed by atoms with Gasteiger partial charge in [0.05, 0.1) is 0 Å². The summed E-state index contributed by atoms with van der Waals surface area (Å²) >= 11 is 0. The van der Waals surface area contributed by atoms with Crippen molar-refractivity contribution >= 4 is 12.0 Å². The number of likely N-dealkylation sites (tertiary alicyclic amines) is 1. The van der Waals surface area contributed by atoms with Crippen molar-refractivity contribution in [2.75, 3.05) is 13.1 Å². The van der Waals surface area contributed by atoms with Crippen molar-refractivity contribution in [3.05, 3.63) is 0 Å². The molecular formula is C15H28N2O3. The Morgan fingerprint density at radius 2 is 2.10 bits per heavy atom. The summed E-state index contributed by atoms with van der Waals surface area (Å²) in [6, 6.07) is 0.312. The average Bonchev–Trinajstić information content (AvgIpc) is 2.82. The number of nitrogens with zero attached hydrogens (tertiary/aromatic N) is 1. The molecule has 0 bridgehead atoms. The first kappa shape index (κ1) is 16.8. The Morgan fingerprint density at radius 1 is 1.40 bits per heavy atom. The number of hydrogen-bond acceptors (Lipinski definition) is 2. The van der Waals surface area contributed by atoms with E-state index >= 15 is 0 Å². The van der Waals surface area contributed by atoms with E-state index in [1.54, 1.807) is 0 Å². The van der Waals surface area contributed by atoms with Gasteiger partial charge in [0, 0.05) is 25.6 Å². The minimum Gasteiger partial charge on any atom is -0.481 e. The van der Waals surface area contributed by atoms with Crippen LogP contribution in [0.2, 0.25) is 0 Å². The average molecular weight is 284 g/mol. The molecule has 116 valence electrons. The van der Waals surface area contributed by atoms with Crippen LogP contribution in [-0.2, 0) is 4.79 Å². The van der Waals surface area contributed by atoms with Crippen LogP contribution in [-0.4, -0.2) is 41.1 Å². The highest BCUT2D eigenvalue weighted by atomic mass is 16.4. The third-order valence-corrected chi connectivity index (χ3v) is 3.92. The van der Waals surface area contributed by atoms with Crippen LogP contribution in [0.1, 0.15) is 52.9 Å². The number of hydrogen-bond donors (Lipinski definition) is 2. The van der Waals surface area contributed by atoms with Gasteiger partial charge in [0.25, 0.3) is 0 Å². The van der Waals surface area contributed by atoms with Crippen LogP contribution in [0.4, 0.5) is 4.79 Å². The molecule has 2 amide bonds. The zero-order chi connectivity index (χ0) is 15.1. The maximum atomic E-state index is 12.2. The molecule has 2 N–H and O–H groups in total. The Kier molecular flexibility index (Phi) is 6.82. The van der Waals surface area contributed by atoms with Crippen LogP contribution in [0.15, 0.2) is 0 Å². The summed E-state index contributed by atoms with van der Waals surface area (Å²) in [5, 5.41) is 11.9. The minimum atomic E-state index is -0.794. The van der Waals surface area contributed by atoms with E-state index in [1.807, 2.05) is 4.90 Å². The molecule has 0 aromatic carbocycles. The molecular weight excluding hydrogens is 256 g/mol. The van der Waals surface area contributed by atoms with Gasteiger partial charge in [-0.2, -0.15) is 0 Å². The standard InChI is InChI=1S/C15H28N2O3/c1-4-13-6-5-7-17(13)15(20)16-10-12(8-11(2)3)9-14(18)19/h11-13H,4-10H2,1-3H3,(H,16,20)(H,18,19). The maximum Gasteiger partial charge on any atom is 0.317 e. The summed E-state index contributed by atoms with van der Waals surface area (Å²) in [4.78, 5) is 24.9. The van der Waals surface area contributed by atoms with E-state index in [0.29, 0.717) is 18.5 Å². The Hall–Kier alpha value is -1.26. The van der Waals surface area contributed by atoms with Crippen molar-refractivity contribution in [2.24, 2.45) is 11.8 Å². The van der Waals surface area contributed by atoms with E-state index < -0.39 is 5.97 Å². The Morgan fingerprint density at radius 3 is 2.65 bits per heavy atom. The predicted molar refractivity (Wildman–Crippen MR) is 78.6 cm³/mol. The van der Waals surface area contributed by atoms with Crippen molar-refractivity contribution in [3.63, 3.8) is 0 Å². The fourth-order valence-electron chi connectivity index (χ4n) is 3.01. The fraction of sp³-hybridized carbons (Fsp3) is 0.867. The largest absolute Gasteiger partial charge is 0.481 e. The number of amides is 2. The van der Waals surface area contributed by atoms with Gasteiger partial charge >= 0.3 is 12.0 Å². The monoisotopic (exact) mass is 284 g/mol. The van der Waals surface area contributed by atoms with Gasteiger partial charge in [0.1, 0.15) is 0 Å². The molecule has 5 nitrogen and oxygen atoms in total. The van der Waals surface area contributed by atoms with Crippen LogP contribution >= 0.6 is 0 Å². The second kappa shape index (κ2) is 8.12. The first-order chi connectivity index (χ1) is 9.43. The van der Waals surface area contributed by atoms with E-state index in [4.69, 9.17) is 5.11 Å².